The third kappa shape index (κ3) is 15.8. The lowest BCUT2D eigenvalue weighted by Crippen LogP contribution is -2.15. The molecule has 0 saturated heterocycles. The zero-order valence-electron chi connectivity index (χ0n) is 19.3. The highest BCUT2D eigenvalue weighted by Crippen LogP contribution is 2.35. The van der Waals surface area contributed by atoms with E-state index in [9.17, 15) is 0 Å². The van der Waals surface area contributed by atoms with E-state index >= 15 is 0 Å². The van der Waals surface area contributed by atoms with Crippen molar-refractivity contribution >= 4 is 0 Å². The Bertz CT molecular complexity index is 277. The summed E-state index contributed by atoms with van der Waals surface area (Å²) in [5, 5.41) is 0. The van der Waals surface area contributed by atoms with Crippen molar-refractivity contribution in [2.24, 2.45) is 23.3 Å². The fourth-order valence-electron chi connectivity index (χ4n) is 5.20. The van der Waals surface area contributed by atoms with Gasteiger partial charge in [-0.25, -0.2) is 0 Å². The molecule has 1 saturated carbocycles. The van der Waals surface area contributed by atoms with Gasteiger partial charge in [-0.15, -0.1) is 0 Å². The van der Waals surface area contributed by atoms with Crippen LogP contribution in [-0.2, 0) is 0 Å². The van der Waals surface area contributed by atoms with E-state index < -0.39 is 0 Å². The smallest absolute Gasteiger partial charge is 0.00773 e. The summed E-state index contributed by atoms with van der Waals surface area (Å²) < 4.78 is 0. The number of hydrogen-bond donors (Lipinski definition) is 2. The first-order chi connectivity index (χ1) is 13.9. The fourth-order valence-corrected chi connectivity index (χ4v) is 5.20. The van der Waals surface area contributed by atoms with E-state index in [-0.39, 0.29) is 0 Å². The molecule has 1 rings (SSSR count). The minimum Gasteiger partial charge on any atom is -0.330 e. The third-order valence-corrected chi connectivity index (χ3v) is 7.02. The Balaban J connectivity index is 1.88. The average molecular weight is 395 g/mol. The van der Waals surface area contributed by atoms with Gasteiger partial charge in [0.15, 0.2) is 0 Å². The van der Waals surface area contributed by atoms with Crippen LogP contribution < -0.4 is 11.5 Å². The van der Waals surface area contributed by atoms with Gasteiger partial charge >= 0.3 is 0 Å². The second-order valence-electron chi connectivity index (χ2n) is 9.71. The minimum absolute atomic E-state index is 0.873. The fraction of sp³-hybridized carbons (Fsp3) is 1.00. The molecule has 168 valence electrons. The Morgan fingerprint density at radius 1 is 0.429 bits per heavy atom. The summed E-state index contributed by atoms with van der Waals surface area (Å²) in [5.74, 6) is 2.12. The maximum Gasteiger partial charge on any atom is -0.00773 e. The maximum absolute atomic E-state index is 5.55. The first-order valence-electron chi connectivity index (χ1n) is 13.3. The SMILES string of the molecule is NCCCCCCCCCCC1CCCC(CCCCCCCCCCN)C1. The van der Waals surface area contributed by atoms with Gasteiger partial charge in [-0.1, -0.05) is 122 Å². The summed E-state index contributed by atoms with van der Waals surface area (Å²) in [6.45, 7) is 1.75. The molecule has 1 aliphatic rings. The molecular weight excluding hydrogens is 340 g/mol. The third-order valence-electron chi connectivity index (χ3n) is 7.02. The Morgan fingerprint density at radius 3 is 1.11 bits per heavy atom. The summed E-state index contributed by atoms with van der Waals surface area (Å²) in [6, 6.07) is 0. The van der Waals surface area contributed by atoms with Gasteiger partial charge in [0, 0.05) is 0 Å². The predicted molar refractivity (Wildman–Crippen MR) is 127 cm³/mol. The molecule has 0 radical (unpaired) electrons. The zero-order valence-corrected chi connectivity index (χ0v) is 19.3. The van der Waals surface area contributed by atoms with Gasteiger partial charge < -0.3 is 11.5 Å². The second-order valence-corrected chi connectivity index (χ2v) is 9.71. The monoisotopic (exact) mass is 394 g/mol. The molecule has 0 aromatic carbocycles. The predicted octanol–water partition coefficient (Wildman–Crippen LogP) is 7.73. The van der Waals surface area contributed by atoms with Crippen molar-refractivity contribution in [1.29, 1.82) is 0 Å². The van der Waals surface area contributed by atoms with Crippen molar-refractivity contribution in [2.45, 2.75) is 141 Å². The van der Waals surface area contributed by atoms with Crippen molar-refractivity contribution < 1.29 is 0 Å². The van der Waals surface area contributed by atoms with E-state index in [1.54, 1.807) is 6.42 Å². The molecule has 0 aromatic heterocycles. The average Bonchev–Trinajstić information content (AvgIpc) is 2.72. The minimum atomic E-state index is 0.873. The molecule has 2 atom stereocenters. The summed E-state index contributed by atoms with van der Waals surface area (Å²) in [7, 11) is 0. The van der Waals surface area contributed by atoms with Crippen molar-refractivity contribution in [3.63, 3.8) is 0 Å². The van der Waals surface area contributed by atoms with Crippen LogP contribution in [0.25, 0.3) is 0 Å². The molecule has 2 nitrogen and oxygen atoms in total. The molecule has 0 heterocycles. The van der Waals surface area contributed by atoms with E-state index in [0.717, 1.165) is 24.9 Å². The summed E-state index contributed by atoms with van der Waals surface area (Å²) in [5.41, 5.74) is 11.1. The Labute approximate surface area is 178 Å². The molecule has 28 heavy (non-hydrogen) atoms. The highest BCUT2D eigenvalue weighted by atomic mass is 14.5. The van der Waals surface area contributed by atoms with Crippen LogP contribution in [-0.4, -0.2) is 13.1 Å². The molecule has 1 fully saturated rings. The van der Waals surface area contributed by atoms with Gasteiger partial charge in [0.1, 0.15) is 0 Å². The van der Waals surface area contributed by atoms with Gasteiger partial charge in [0.25, 0.3) is 0 Å². The van der Waals surface area contributed by atoms with E-state index in [1.165, 1.54) is 135 Å². The molecule has 0 amide bonds. The van der Waals surface area contributed by atoms with Crippen LogP contribution in [0.4, 0.5) is 0 Å². The topological polar surface area (TPSA) is 52.0 Å². The lowest BCUT2D eigenvalue weighted by Gasteiger charge is -2.29. The first kappa shape index (κ1) is 26.0. The lowest BCUT2D eigenvalue weighted by molar-refractivity contribution is 0.235. The molecule has 0 bridgehead atoms. The summed E-state index contributed by atoms with van der Waals surface area (Å²) in [4.78, 5) is 0. The van der Waals surface area contributed by atoms with E-state index in [4.69, 9.17) is 11.5 Å². The number of rotatable bonds is 20. The summed E-state index contributed by atoms with van der Waals surface area (Å²) >= 11 is 0. The zero-order chi connectivity index (χ0) is 20.1. The molecule has 2 heteroatoms. The van der Waals surface area contributed by atoms with Gasteiger partial charge in [-0.2, -0.15) is 0 Å². The van der Waals surface area contributed by atoms with Crippen LogP contribution in [0.3, 0.4) is 0 Å². The van der Waals surface area contributed by atoms with Gasteiger partial charge in [0.2, 0.25) is 0 Å². The Hall–Kier alpha value is -0.0800. The van der Waals surface area contributed by atoms with Crippen molar-refractivity contribution in [1.82, 2.24) is 0 Å². The van der Waals surface area contributed by atoms with E-state index in [0.29, 0.717) is 0 Å². The van der Waals surface area contributed by atoms with Crippen LogP contribution >= 0.6 is 0 Å². The van der Waals surface area contributed by atoms with Crippen LogP contribution in [0.1, 0.15) is 141 Å². The van der Waals surface area contributed by atoms with Gasteiger partial charge in [0.05, 0.1) is 0 Å². The molecule has 0 aliphatic heterocycles. The highest BCUT2D eigenvalue weighted by Gasteiger charge is 2.21. The number of hydrogen-bond acceptors (Lipinski definition) is 2. The lowest BCUT2D eigenvalue weighted by atomic mass is 9.77. The molecule has 2 unspecified atom stereocenters. The maximum atomic E-state index is 5.55. The molecule has 4 N–H and O–H groups in total. The van der Waals surface area contributed by atoms with Crippen LogP contribution in [0, 0.1) is 11.8 Å². The molecular formula is C26H54N2. The van der Waals surface area contributed by atoms with Crippen molar-refractivity contribution in [3.8, 4) is 0 Å². The number of unbranched alkanes of at least 4 members (excludes halogenated alkanes) is 14. The van der Waals surface area contributed by atoms with Crippen LogP contribution in [0.2, 0.25) is 0 Å². The highest BCUT2D eigenvalue weighted by molar-refractivity contribution is 4.73. The van der Waals surface area contributed by atoms with Crippen LogP contribution in [0.5, 0.6) is 0 Å². The Kier molecular flexibility index (Phi) is 18.7. The largest absolute Gasteiger partial charge is 0.330 e. The van der Waals surface area contributed by atoms with Gasteiger partial charge in [-0.05, 0) is 44.2 Å². The standard InChI is InChI=1S/C26H54N2/c27-22-15-11-7-3-1-5-9-13-18-25-20-17-21-26(24-25)19-14-10-6-2-4-8-12-16-23-28/h25-26H,1-24,27-28H2. The molecule has 1 aliphatic carbocycles. The van der Waals surface area contributed by atoms with E-state index in [2.05, 4.69) is 0 Å². The van der Waals surface area contributed by atoms with E-state index in [1.807, 2.05) is 0 Å². The van der Waals surface area contributed by atoms with Crippen molar-refractivity contribution in [2.75, 3.05) is 13.1 Å². The first-order valence-corrected chi connectivity index (χ1v) is 13.3. The Morgan fingerprint density at radius 2 is 0.750 bits per heavy atom. The van der Waals surface area contributed by atoms with Gasteiger partial charge in [-0.3, -0.25) is 0 Å². The summed E-state index contributed by atoms with van der Waals surface area (Å²) in [6.07, 6.45) is 31.7. The quantitative estimate of drug-likeness (QED) is 0.207. The molecule has 0 spiro atoms. The molecule has 0 aromatic rings. The normalized spacial score (nSPS) is 19.9. The number of nitrogens with two attached hydrogens (primary N) is 2. The second kappa shape index (κ2) is 20.2. The van der Waals surface area contributed by atoms with Crippen LogP contribution in [0.15, 0.2) is 0 Å². The van der Waals surface area contributed by atoms with Crippen molar-refractivity contribution in [3.05, 3.63) is 0 Å².